The summed E-state index contributed by atoms with van der Waals surface area (Å²) in [6.45, 7) is -0.204. The van der Waals surface area contributed by atoms with Crippen LogP contribution in [0.25, 0.3) is 0 Å². The second kappa shape index (κ2) is 6.23. The van der Waals surface area contributed by atoms with Gasteiger partial charge in [-0.25, -0.2) is 8.78 Å². The van der Waals surface area contributed by atoms with Crippen LogP contribution in [0.15, 0.2) is 12.4 Å². The largest absolute Gasteiger partial charge is 0.390 e. The Hall–Kier alpha value is -1.61. The summed E-state index contributed by atoms with van der Waals surface area (Å²) >= 11 is 0. The van der Waals surface area contributed by atoms with Gasteiger partial charge in [-0.05, 0) is 12.8 Å². The minimum atomic E-state index is -2.44. The summed E-state index contributed by atoms with van der Waals surface area (Å²) in [5, 5.41) is 24.1. The zero-order valence-electron chi connectivity index (χ0n) is 10.7. The van der Waals surface area contributed by atoms with Crippen molar-refractivity contribution in [2.24, 2.45) is 0 Å². The van der Waals surface area contributed by atoms with E-state index in [0.29, 0.717) is 0 Å². The molecule has 0 radical (unpaired) electrons. The van der Waals surface area contributed by atoms with Gasteiger partial charge in [0.05, 0.1) is 24.1 Å². The fourth-order valence-electron chi connectivity index (χ4n) is 2.08. The number of hydrogen-bond donors (Lipinski definition) is 1. The van der Waals surface area contributed by atoms with Crippen LogP contribution in [0.5, 0.6) is 0 Å². The molecular weight excluding hydrogens is 274 g/mol. The Balaban J connectivity index is 1.86. The van der Waals surface area contributed by atoms with Gasteiger partial charge in [-0.1, -0.05) is 0 Å². The lowest BCUT2D eigenvalue weighted by atomic mass is 10.3. The standard InChI is InChI=1S/C11H16F2N4O3/c12-11(13)7-15(8-1-2-8)5-10(18)6-16-4-9(3-14-16)17(19)20/h3-4,8,10-11,18H,1-2,5-7H2. The van der Waals surface area contributed by atoms with Crippen LogP contribution in [-0.2, 0) is 6.54 Å². The molecule has 1 heterocycles. The van der Waals surface area contributed by atoms with E-state index < -0.39 is 17.5 Å². The van der Waals surface area contributed by atoms with Crippen LogP contribution in [0.1, 0.15) is 12.8 Å². The van der Waals surface area contributed by atoms with E-state index in [4.69, 9.17) is 0 Å². The van der Waals surface area contributed by atoms with Gasteiger partial charge in [-0.2, -0.15) is 5.10 Å². The number of aliphatic hydroxyl groups excluding tert-OH is 1. The van der Waals surface area contributed by atoms with E-state index in [9.17, 15) is 24.0 Å². The van der Waals surface area contributed by atoms with E-state index in [1.54, 1.807) is 4.90 Å². The molecule has 20 heavy (non-hydrogen) atoms. The highest BCUT2D eigenvalue weighted by Crippen LogP contribution is 2.27. The number of rotatable bonds is 8. The molecule has 0 bridgehead atoms. The highest BCUT2D eigenvalue weighted by molar-refractivity contribution is 5.20. The molecule has 1 aromatic rings. The van der Waals surface area contributed by atoms with Crippen LogP contribution >= 0.6 is 0 Å². The van der Waals surface area contributed by atoms with Crippen molar-refractivity contribution in [1.82, 2.24) is 14.7 Å². The molecule has 9 heteroatoms. The van der Waals surface area contributed by atoms with Gasteiger partial charge >= 0.3 is 5.69 Å². The number of aliphatic hydroxyl groups is 1. The molecule has 1 aliphatic rings. The summed E-state index contributed by atoms with van der Waals surface area (Å²) in [4.78, 5) is 11.5. The van der Waals surface area contributed by atoms with Gasteiger partial charge in [-0.15, -0.1) is 0 Å². The first kappa shape index (κ1) is 14.8. The van der Waals surface area contributed by atoms with Crippen molar-refractivity contribution in [3.8, 4) is 0 Å². The minimum absolute atomic E-state index is 0.0420. The Morgan fingerprint density at radius 1 is 1.55 bits per heavy atom. The molecule has 1 N–H and O–H groups in total. The van der Waals surface area contributed by atoms with Crippen LogP contribution in [0.4, 0.5) is 14.5 Å². The second-order valence-corrected chi connectivity index (χ2v) is 4.91. The summed E-state index contributed by atoms with van der Waals surface area (Å²) in [6.07, 6.45) is 0.698. The lowest BCUT2D eigenvalue weighted by Gasteiger charge is -2.24. The Labute approximate surface area is 113 Å². The summed E-state index contributed by atoms with van der Waals surface area (Å²) < 4.78 is 26.1. The number of nitro groups is 1. The molecule has 1 aliphatic carbocycles. The van der Waals surface area contributed by atoms with Crippen molar-refractivity contribution in [2.75, 3.05) is 13.1 Å². The molecule has 1 atom stereocenters. The number of aromatic nitrogens is 2. The van der Waals surface area contributed by atoms with Crippen molar-refractivity contribution >= 4 is 5.69 Å². The maximum atomic E-state index is 12.4. The predicted octanol–water partition coefficient (Wildman–Crippen LogP) is 0.882. The van der Waals surface area contributed by atoms with Crippen LogP contribution < -0.4 is 0 Å². The van der Waals surface area contributed by atoms with Crippen molar-refractivity contribution in [1.29, 1.82) is 0 Å². The van der Waals surface area contributed by atoms with Crippen molar-refractivity contribution in [3.63, 3.8) is 0 Å². The van der Waals surface area contributed by atoms with Gasteiger partial charge in [-0.3, -0.25) is 19.7 Å². The highest BCUT2D eigenvalue weighted by Gasteiger charge is 2.32. The van der Waals surface area contributed by atoms with Gasteiger partial charge in [0.15, 0.2) is 0 Å². The molecule has 7 nitrogen and oxygen atoms in total. The van der Waals surface area contributed by atoms with Gasteiger partial charge in [0.1, 0.15) is 12.4 Å². The summed E-state index contributed by atoms with van der Waals surface area (Å²) in [5.74, 6) is 0. The van der Waals surface area contributed by atoms with E-state index >= 15 is 0 Å². The quantitative estimate of drug-likeness (QED) is 0.567. The molecule has 0 spiro atoms. The molecule has 1 saturated carbocycles. The maximum absolute atomic E-state index is 12.4. The van der Waals surface area contributed by atoms with Crippen molar-refractivity contribution in [2.45, 2.75) is 38.0 Å². The fourth-order valence-corrected chi connectivity index (χ4v) is 2.08. The zero-order valence-corrected chi connectivity index (χ0v) is 10.7. The van der Waals surface area contributed by atoms with E-state index in [1.807, 2.05) is 0 Å². The maximum Gasteiger partial charge on any atom is 0.306 e. The molecular formula is C11H16F2N4O3. The molecule has 112 valence electrons. The first-order valence-electron chi connectivity index (χ1n) is 6.33. The van der Waals surface area contributed by atoms with Gasteiger partial charge in [0, 0.05) is 12.6 Å². The van der Waals surface area contributed by atoms with E-state index in [2.05, 4.69) is 5.10 Å². The number of nitrogens with zero attached hydrogens (tertiary/aromatic N) is 4. The molecule has 0 aromatic carbocycles. The molecule has 1 unspecified atom stereocenters. The molecule has 2 rings (SSSR count). The first-order chi connectivity index (χ1) is 9.45. The lowest BCUT2D eigenvalue weighted by Crippen LogP contribution is -2.39. The highest BCUT2D eigenvalue weighted by atomic mass is 19.3. The molecule has 0 aliphatic heterocycles. The monoisotopic (exact) mass is 290 g/mol. The van der Waals surface area contributed by atoms with Crippen molar-refractivity contribution < 1.29 is 18.8 Å². The number of alkyl halides is 2. The van der Waals surface area contributed by atoms with E-state index in [0.717, 1.165) is 19.0 Å². The number of hydrogen-bond acceptors (Lipinski definition) is 5. The van der Waals surface area contributed by atoms with Crippen molar-refractivity contribution in [3.05, 3.63) is 22.5 Å². The summed E-state index contributed by atoms with van der Waals surface area (Å²) in [5.41, 5.74) is -0.163. The van der Waals surface area contributed by atoms with Gasteiger partial charge in [0.25, 0.3) is 6.43 Å². The average molecular weight is 290 g/mol. The third kappa shape index (κ3) is 4.20. The normalized spacial score (nSPS) is 16.9. The van der Waals surface area contributed by atoms with Crippen LogP contribution in [0, 0.1) is 10.1 Å². The van der Waals surface area contributed by atoms with E-state index in [1.165, 1.54) is 10.9 Å². The first-order valence-corrected chi connectivity index (χ1v) is 6.33. The Morgan fingerprint density at radius 3 is 2.75 bits per heavy atom. The van der Waals surface area contributed by atoms with E-state index in [-0.39, 0.29) is 31.4 Å². The topological polar surface area (TPSA) is 84.4 Å². The minimum Gasteiger partial charge on any atom is -0.390 e. The fraction of sp³-hybridized carbons (Fsp3) is 0.727. The van der Waals surface area contributed by atoms with Gasteiger partial charge in [0.2, 0.25) is 0 Å². The third-order valence-electron chi connectivity index (χ3n) is 3.11. The molecule has 1 aromatic heterocycles. The van der Waals surface area contributed by atoms with Crippen LogP contribution in [0.2, 0.25) is 0 Å². The zero-order chi connectivity index (χ0) is 14.7. The molecule has 0 amide bonds. The summed E-state index contributed by atoms with van der Waals surface area (Å²) in [6, 6.07) is 0.116. The molecule has 1 fully saturated rings. The lowest BCUT2D eigenvalue weighted by molar-refractivity contribution is -0.385. The predicted molar refractivity (Wildman–Crippen MR) is 65.5 cm³/mol. The summed E-state index contributed by atoms with van der Waals surface area (Å²) in [7, 11) is 0. The number of halogens is 2. The second-order valence-electron chi connectivity index (χ2n) is 4.91. The molecule has 0 saturated heterocycles. The van der Waals surface area contributed by atoms with Crippen LogP contribution in [-0.4, -0.2) is 56.4 Å². The smallest absolute Gasteiger partial charge is 0.306 e. The van der Waals surface area contributed by atoms with Crippen LogP contribution in [0.3, 0.4) is 0 Å². The Morgan fingerprint density at radius 2 is 2.25 bits per heavy atom. The SMILES string of the molecule is O=[N+]([O-])c1cnn(CC(O)CN(CC(F)F)C2CC2)c1. The Kier molecular flexibility index (Phi) is 4.61. The third-order valence-corrected chi connectivity index (χ3v) is 3.11. The average Bonchev–Trinajstić information content (AvgIpc) is 3.08. The Bertz CT molecular complexity index is 464. The van der Waals surface area contributed by atoms with Gasteiger partial charge < -0.3 is 5.11 Å².